The summed E-state index contributed by atoms with van der Waals surface area (Å²) in [5.74, 6) is -0.0369. The second-order valence-corrected chi connectivity index (χ2v) is 19.3. The molecule has 1 amide bonds. The second-order valence-electron chi connectivity index (χ2n) is 19.3. The van der Waals surface area contributed by atoms with E-state index in [2.05, 4.69) is 129 Å². The van der Waals surface area contributed by atoms with Gasteiger partial charge in [-0.1, -0.05) is 290 Å². The Morgan fingerprint density at radius 3 is 0.971 bits per heavy atom. The fourth-order valence-corrected chi connectivity index (χ4v) is 8.41. The maximum atomic E-state index is 12.5. The Morgan fingerprint density at radius 1 is 0.368 bits per heavy atom. The Bertz CT molecular complexity index is 1300. The Morgan fingerprint density at radius 2 is 0.647 bits per heavy atom. The van der Waals surface area contributed by atoms with Crippen LogP contribution in [-0.4, -0.2) is 34.9 Å². The van der Waals surface area contributed by atoms with Gasteiger partial charge < -0.3 is 15.5 Å². The molecule has 390 valence electrons. The molecule has 68 heavy (non-hydrogen) atoms. The molecule has 0 aliphatic carbocycles. The first-order valence-corrected chi connectivity index (χ1v) is 29.1. The van der Waals surface area contributed by atoms with Crippen molar-refractivity contribution in [2.45, 2.75) is 283 Å². The summed E-state index contributed by atoms with van der Waals surface area (Å²) >= 11 is 0. The molecule has 0 rings (SSSR count). The lowest BCUT2D eigenvalue weighted by Gasteiger charge is -2.22. The zero-order valence-corrected chi connectivity index (χ0v) is 44.8. The predicted molar refractivity (Wildman–Crippen MR) is 303 cm³/mol. The zero-order valence-electron chi connectivity index (χ0n) is 44.8. The van der Waals surface area contributed by atoms with E-state index in [-0.39, 0.29) is 12.5 Å². The summed E-state index contributed by atoms with van der Waals surface area (Å²) < 4.78 is 0. The number of hydrogen-bond donors (Lipinski definition) is 3. The number of allylic oxidation sites excluding steroid dienone is 18. The smallest absolute Gasteiger partial charge is 0.220 e. The minimum atomic E-state index is -0.667. The molecule has 0 aromatic heterocycles. The van der Waals surface area contributed by atoms with E-state index in [9.17, 15) is 15.0 Å². The van der Waals surface area contributed by atoms with Crippen LogP contribution in [0.4, 0.5) is 0 Å². The number of amides is 1. The molecule has 0 spiro atoms. The molecule has 0 saturated carbocycles. The fourth-order valence-electron chi connectivity index (χ4n) is 8.41. The normalized spacial score (nSPS) is 13.6. The predicted octanol–water partition coefficient (Wildman–Crippen LogP) is 19.5. The largest absolute Gasteiger partial charge is 0.394 e. The van der Waals surface area contributed by atoms with Crippen molar-refractivity contribution in [3.63, 3.8) is 0 Å². The summed E-state index contributed by atoms with van der Waals surface area (Å²) in [5.41, 5.74) is 0. The van der Waals surface area contributed by atoms with Gasteiger partial charge in [-0.05, 0) is 83.5 Å². The highest BCUT2D eigenvalue weighted by atomic mass is 16.3. The number of carbonyl (C=O) groups excluding carboxylic acids is 1. The molecule has 2 unspecified atom stereocenters. The van der Waals surface area contributed by atoms with Gasteiger partial charge in [-0.3, -0.25) is 4.79 Å². The van der Waals surface area contributed by atoms with Crippen LogP contribution in [0.15, 0.2) is 109 Å². The lowest BCUT2D eigenvalue weighted by molar-refractivity contribution is -0.123. The fraction of sp³-hybridized carbons (Fsp3) is 0.703. The first kappa shape index (κ1) is 65.0. The van der Waals surface area contributed by atoms with Crippen LogP contribution in [0.1, 0.15) is 271 Å². The molecule has 0 fully saturated rings. The zero-order chi connectivity index (χ0) is 49.2. The van der Waals surface area contributed by atoms with Crippen LogP contribution in [0.2, 0.25) is 0 Å². The summed E-state index contributed by atoms with van der Waals surface area (Å²) in [6.45, 7) is 4.25. The maximum Gasteiger partial charge on any atom is 0.220 e. The van der Waals surface area contributed by atoms with Crippen LogP contribution in [0, 0.1) is 0 Å². The van der Waals surface area contributed by atoms with Gasteiger partial charge in [0.1, 0.15) is 0 Å². The van der Waals surface area contributed by atoms with E-state index in [1.54, 1.807) is 0 Å². The number of carbonyl (C=O) groups is 1. The average molecular weight is 943 g/mol. The van der Waals surface area contributed by atoms with Gasteiger partial charge in [-0.25, -0.2) is 0 Å². The van der Waals surface area contributed by atoms with Gasteiger partial charge in [0.2, 0.25) is 5.91 Å². The number of unbranched alkanes of at least 4 members (excludes halogenated alkanes) is 27. The van der Waals surface area contributed by atoms with Crippen molar-refractivity contribution >= 4 is 5.91 Å². The van der Waals surface area contributed by atoms with E-state index in [1.165, 1.54) is 161 Å². The van der Waals surface area contributed by atoms with Crippen LogP contribution in [0.3, 0.4) is 0 Å². The van der Waals surface area contributed by atoms with Crippen molar-refractivity contribution in [3.05, 3.63) is 109 Å². The third-order valence-corrected chi connectivity index (χ3v) is 12.8. The van der Waals surface area contributed by atoms with Crippen molar-refractivity contribution in [1.82, 2.24) is 5.32 Å². The molecule has 4 nitrogen and oxygen atoms in total. The highest BCUT2D eigenvalue weighted by molar-refractivity contribution is 5.76. The SMILES string of the molecule is CC/C=C\C/C=C\C/C=C\C/C=C\C/C=C\C/C=C\C/C=C\C/C=C\C/C=C\CCCCCCCCCCCCCC(=O)NC(CO)C(O)CCCCCCCCCCCCCCCCCCC. The molecule has 3 N–H and O–H groups in total. The summed E-state index contributed by atoms with van der Waals surface area (Å²) in [6, 6.07) is -0.544. The highest BCUT2D eigenvalue weighted by Gasteiger charge is 2.20. The van der Waals surface area contributed by atoms with Gasteiger partial charge in [0.25, 0.3) is 0 Å². The van der Waals surface area contributed by atoms with Crippen molar-refractivity contribution < 1.29 is 15.0 Å². The Hall–Kier alpha value is -2.95. The number of rotatable bonds is 52. The molecule has 0 aromatic rings. The van der Waals surface area contributed by atoms with E-state index in [0.29, 0.717) is 12.8 Å². The minimum absolute atomic E-state index is 0.0369. The minimum Gasteiger partial charge on any atom is -0.394 e. The van der Waals surface area contributed by atoms with E-state index >= 15 is 0 Å². The van der Waals surface area contributed by atoms with Crippen LogP contribution in [0.5, 0.6) is 0 Å². The quantitative estimate of drug-likeness (QED) is 0.0420. The molecular weight excluding hydrogens is 831 g/mol. The molecular formula is C64H111NO3. The standard InChI is InChI=1S/C64H111NO3/c1-3-5-7-9-11-13-15-17-19-21-22-23-24-25-26-27-28-29-30-31-32-33-34-35-36-37-38-39-40-41-42-44-46-48-50-52-54-56-58-60-64(68)65-62(61-66)63(67)59-57-55-53-51-49-47-45-43-20-18-16-14-12-10-8-6-4-2/h5,7,11,13,17,19,22-23,25-26,28-29,31-32,34-35,37-38,62-63,66-67H,3-4,6,8-10,12,14-16,18,20-21,24,27,30,33,36,39-61H2,1-2H3,(H,65,68)/b7-5-,13-11-,19-17-,23-22-,26-25-,29-28-,32-31-,35-34-,38-37-. The number of aliphatic hydroxyl groups is 2. The monoisotopic (exact) mass is 942 g/mol. The highest BCUT2D eigenvalue weighted by Crippen LogP contribution is 2.16. The van der Waals surface area contributed by atoms with Gasteiger partial charge >= 0.3 is 0 Å². The van der Waals surface area contributed by atoms with E-state index in [0.717, 1.165) is 83.5 Å². The molecule has 0 aliphatic heterocycles. The van der Waals surface area contributed by atoms with Crippen molar-refractivity contribution in [2.24, 2.45) is 0 Å². The van der Waals surface area contributed by atoms with E-state index in [4.69, 9.17) is 0 Å². The molecule has 2 atom stereocenters. The number of hydrogen-bond acceptors (Lipinski definition) is 3. The third kappa shape index (κ3) is 54.0. The van der Waals surface area contributed by atoms with Crippen LogP contribution in [-0.2, 0) is 4.79 Å². The van der Waals surface area contributed by atoms with Crippen molar-refractivity contribution in [3.8, 4) is 0 Å². The first-order valence-electron chi connectivity index (χ1n) is 29.1. The lowest BCUT2D eigenvalue weighted by atomic mass is 10.0. The van der Waals surface area contributed by atoms with E-state index < -0.39 is 12.1 Å². The molecule has 0 aliphatic rings. The average Bonchev–Trinajstić information content (AvgIpc) is 3.34. The van der Waals surface area contributed by atoms with Gasteiger partial charge in [0, 0.05) is 6.42 Å². The topological polar surface area (TPSA) is 69.6 Å². The van der Waals surface area contributed by atoms with Gasteiger partial charge in [-0.15, -0.1) is 0 Å². The van der Waals surface area contributed by atoms with Gasteiger partial charge in [0.05, 0.1) is 18.8 Å². The third-order valence-electron chi connectivity index (χ3n) is 12.8. The molecule has 0 saturated heterocycles. The summed E-state index contributed by atoms with van der Waals surface area (Å²) in [4.78, 5) is 12.5. The lowest BCUT2D eigenvalue weighted by Crippen LogP contribution is -2.45. The molecule has 0 radical (unpaired) electrons. The van der Waals surface area contributed by atoms with Crippen molar-refractivity contribution in [2.75, 3.05) is 6.61 Å². The number of aliphatic hydroxyl groups excluding tert-OH is 2. The molecule has 0 aromatic carbocycles. The Balaban J connectivity index is 3.55. The molecule has 4 heteroatoms. The first-order chi connectivity index (χ1) is 33.7. The van der Waals surface area contributed by atoms with Crippen molar-refractivity contribution in [1.29, 1.82) is 0 Å². The Labute approximate surface area is 423 Å². The molecule has 0 heterocycles. The number of nitrogens with one attached hydrogen (secondary N) is 1. The summed E-state index contributed by atoms with van der Waals surface area (Å²) in [7, 11) is 0. The van der Waals surface area contributed by atoms with Crippen LogP contribution < -0.4 is 5.32 Å². The second kappa shape index (κ2) is 58.4. The van der Waals surface area contributed by atoms with Crippen LogP contribution >= 0.6 is 0 Å². The van der Waals surface area contributed by atoms with Gasteiger partial charge in [0.15, 0.2) is 0 Å². The van der Waals surface area contributed by atoms with Crippen LogP contribution in [0.25, 0.3) is 0 Å². The van der Waals surface area contributed by atoms with Gasteiger partial charge in [-0.2, -0.15) is 0 Å². The summed E-state index contributed by atoms with van der Waals surface area (Å²) in [5, 5.41) is 23.3. The Kier molecular flexibility index (Phi) is 55.8. The maximum absolute atomic E-state index is 12.5. The van der Waals surface area contributed by atoms with E-state index in [1.807, 2.05) is 0 Å². The summed E-state index contributed by atoms with van der Waals surface area (Å²) in [6.07, 6.45) is 87.9. The molecule has 0 bridgehead atoms.